The molecule has 0 saturated carbocycles. The van der Waals surface area contributed by atoms with E-state index in [4.69, 9.17) is 0 Å². The number of H-pyrrole nitrogens is 1. The Morgan fingerprint density at radius 2 is 1.62 bits per heavy atom. The number of fused-ring (bicyclic) bond motifs is 1. The molecule has 2 heterocycles. The second kappa shape index (κ2) is 6.62. The topological polar surface area (TPSA) is 36.1 Å². The molecule has 0 amide bonds. The van der Waals surface area contributed by atoms with Gasteiger partial charge in [-0.25, -0.2) is 0 Å². The molecule has 1 saturated heterocycles. The van der Waals surface area contributed by atoms with Crippen molar-refractivity contribution in [2.75, 3.05) is 19.6 Å². The molecular weight excluding hydrogens is 296 g/mol. The normalized spacial score (nSPS) is 15.7. The predicted octanol–water partition coefficient (Wildman–Crippen LogP) is 4.50. The van der Waals surface area contributed by atoms with Crippen molar-refractivity contribution in [1.29, 1.82) is 0 Å². The summed E-state index contributed by atoms with van der Waals surface area (Å²) in [6, 6.07) is 18.2. The number of likely N-dealkylation sites (tertiary alicyclic amines) is 1. The van der Waals surface area contributed by atoms with Crippen LogP contribution in [0.3, 0.4) is 0 Å². The number of rotatable bonds is 4. The van der Waals surface area contributed by atoms with Crippen molar-refractivity contribution in [3.05, 3.63) is 60.2 Å². The molecule has 3 heteroatoms. The molecule has 1 N–H and O–H groups in total. The highest BCUT2D eigenvalue weighted by molar-refractivity contribution is 6.14. The van der Waals surface area contributed by atoms with Crippen LogP contribution in [0.25, 0.3) is 22.2 Å². The molecule has 0 aliphatic carbocycles. The Morgan fingerprint density at radius 1 is 0.917 bits per heavy atom. The summed E-state index contributed by atoms with van der Waals surface area (Å²) in [4.78, 5) is 18.9. The minimum absolute atomic E-state index is 0.216. The van der Waals surface area contributed by atoms with Gasteiger partial charge in [0.15, 0.2) is 5.78 Å². The van der Waals surface area contributed by atoms with Gasteiger partial charge in [0.25, 0.3) is 0 Å². The lowest BCUT2D eigenvalue weighted by Crippen LogP contribution is -2.34. The number of carbonyl (C=O) groups excluding carboxylic acids is 1. The maximum Gasteiger partial charge on any atom is 0.179 e. The van der Waals surface area contributed by atoms with Crippen LogP contribution in [-0.2, 0) is 0 Å². The fourth-order valence-corrected chi connectivity index (χ4v) is 3.65. The SMILES string of the molecule is O=C(CN1CCCCC1)c1c(-c2ccccc2)[nH]c2ccccc12. The highest BCUT2D eigenvalue weighted by atomic mass is 16.1. The lowest BCUT2D eigenvalue weighted by atomic mass is 10.0. The van der Waals surface area contributed by atoms with E-state index >= 15 is 0 Å². The second-order valence-electron chi connectivity index (χ2n) is 6.55. The van der Waals surface area contributed by atoms with Crippen molar-refractivity contribution in [3.8, 4) is 11.3 Å². The van der Waals surface area contributed by atoms with Gasteiger partial charge in [-0.05, 0) is 37.6 Å². The Bertz CT molecular complexity index is 845. The van der Waals surface area contributed by atoms with Crippen LogP contribution in [0, 0.1) is 0 Å². The molecular formula is C21H22N2O. The third-order valence-electron chi connectivity index (χ3n) is 4.86. The number of aromatic nitrogens is 1. The van der Waals surface area contributed by atoms with Gasteiger partial charge in [0.2, 0.25) is 0 Å². The average Bonchev–Trinajstić information content (AvgIpc) is 3.03. The Morgan fingerprint density at radius 3 is 2.42 bits per heavy atom. The molecule has 1 aliphatic heterocycles. The highest BCUT2D eigenvalue weighted by Crippen LogP contribution is 2.31. The summed E-state index contributed by atoms with van der Waals surface area (Å²) in [6.07, 6.45) is 3.69. The van der Waals surface area contributed by atoms with Crippen LogP contribution in [0.2, 0.25) is 0 Å². The lowest BCUT2D eigenvalue weighted by Gasteiger charge is -2.25. The monoisotopic (exact) mass is 318 g/mol. The molecule has 3 aromatic rings. The van der Waals surface area contributed by atoms with E-state index in [0.717, 1.165) is 40.8 Å². The number of benzene rings is 2. The number of Topliss-reactive ketones (excluding diaryl/α,β-unsaturated/α-hetero) is 1. The number of nitrogens with zero attached hydrogens (tertiary/aromatic N) is 1. The molecule has 122 valence electrons. The van der Waals surface area contributed by atoms with Gasteiger partial charge in [0, 0.05) is 10.9 Å². The summed E-state index contributed by atoms with van der Waals surface area (Å²) in [7, 11) is 0. The molecule has 24 heavy (non-hydrogen) atoms. The Balaban J connectivity index is 1.76. The third-order valence-corrected chi connectivity index (χ3v) is 4.86. The summed E-state index contributed by atoms with van der Waals surface area (Å²) >= 11 is 0. The Kier molecular flexibility index (Phi) is 4.18. The van der Waals surface area contributed by atoms with Crippen molar-refractivity contribution >= 4 is 16.7 Å². The molecule has 1 aromatic heterocycles. The molecule has 0 spiro atoms. The first kappa shape index (κ1) is 15.2. The van der Waals surface area contributed by atoms with Gasteiger partial charge in [0.1, 0.15) is 0 Å². The van der Waals surface area contributed by atoms with E-state index in [9.17, 15) is 4.79 Å². The van der Waals surface area contributed by atoms with E-state index in [-0.39, 0.29) is 5.78 Å². The van der Waals surface area contributed by atoms with Crippen LogP contribution in [-0.4, -0.2) is 35.3 Å². The average molecular weight is 318 g/mol. The molecule has 0 radical (unpaired) electrons. The first-order valence-electron chi connectivity index (χ1n) is 8.74. The summed E-state index contributed by atoms with van der Waals surface area (Å²) < 4.78 is 0. The molecule has 4 rings (SSSR count). The van der Waals surface area contributed by atoms with Gasteiger partial charge >= 0.3 is 0 Å². The largest absolute Gasteiger partial charge is 0.354 e. The number of para-hydroxylation sites is 1. The minimum atomic E-state index is 0.216. The zero-order chi connectivity index (χ0) is 16.4. The lowest BCUT2D eigenvalue weighted by molar-refractivity contribution is 0.0918. The van der Waals surface area contributed by atoms with E-state index in [1.807, 2.05) is 42.5 Å². The highest BCUT2D eigenvalue weighted by Gasteiger charge is 2.22. The smallest absolute Gasteiger partial charge is 0.179 e. The number of hydrogen-bond acceptors (Lipinski definition) is 2. The zero-order valence-corrected chi connectivity index (χ0v) is 13.8. The molecule has 3 nitrogen and oxygen atoms in total. The van der Waals surface area contributed by atoms with Crippen LogP contribution < -0.4 is 0 Å². The number of carbonyl (C=O) groups is 1. The fraction of sp³-hybridized carbons (Fsp3) is 0.286. The van der Waals surface area contributed by atoms with Gasteiger partial charge in [-0.2, -0.15) is 0 Å². The molecule has 0 bridgehead atoms. The van der Waals surface area contributed by atoms with Gasteiger partial charge < -0.3 is 4.98 Å². The standard InChI is InChI=1S/C21H22N2O/c24-19(15-23-13-7-2-8-14-23)20-17-11-5-6-12-18(17)22-21(20)16-9-3-1-4-10-16/h1,3-6,9-12,22H,2,7-8,13-15H2. The van der Waals surface area contributed by atoms with E-state index in [1.165, 1.54) is 19.3 Å². The summed E-state index contributed by atoms with van der Waals surface area (Å²) in [5, 5.41) is 1.03. The summed E-state index contributed by atoms with van der Waals surface area (Å²) in [5.41, 5.74) is 3.87. The van der Waals surface area contributed by atoms with Crippen molar-refractivity contribution in [2.45, 2.75) is 19.3 Å². The molecule has 2 aromatic carbocycles. The van der Waals surface area contributed by atoms with E-state index in [0.29, 0.717) is 6.54 Å². The summed E-state index contributed by atoms with van der Waals surface area (Å²) in [5.74, 6) is 0.216. The van der Waals surface area contributed by atoms with E-state index in [1.54, 1.807) is 0 Å². The number of ketones is 1. The van der Waals surface area contributed by atoms with Crippen molar-refractivity contribution in [1.82, 2.24) is 9.88 Å². The van der Waals surface area contributed by atoms with Crippen molar-refractivity contribution < 1.29 is 4.79 Å². The number of aromatic amines is 1. The first-order chi connectivity index (χ1) is 11.8. The van der Waals surface area contributed by atoms with Gasteiger partial charge in [0.05, 0.1) is 17.8 Å². The summed E-state index contributed by atoms with van der Waals surface area (Å²) in [6.45, 7) is 2.59. The maximum atomic E-state index is 13.1. The van der Waals surface area contributed by atoms with Gasteiger partial charge in [-0.3, -0.25) is 9.69 Å². The van der Waals surface area contributed by atoms with Crippen LogP contribution in [0.15, 0.2) is 54.6 Å². The predicted molar refractivity (Wildman–Crippen MR) is 98.4 cm³/mol. The Hall–Kier alpha value is -2.39. The Labute approximate surface area is 142 Å². The molecule has 1 fully saturated rings. The molecule has 1 aliphatic rings. The minimum Gasteiger partial charge on any atom is -0.354 e. The quantitative estimate of drug-likeness (QED) is 0.719. The maximum absolute atomic E-state index is 13.1. The van der Waals surface area contributed by atoms with Gasteiger partial charge in [-0.1, -0.05) is 55.0 Å². The second-order valence-corrected chi connectivity index (χ2v) is 6.55. The number of nitrogens with one attached hydrogen (secondary N) is 1. The van der Waals surface area contributed by atoms with E-state index in [2.05, 4.69) is 22.0 Å². The van der Waals surface area contributed by atoms with Crippen LogP contribution in [0.5, 0.6) is 0 Å². The van der Waals surface area contributed by atoms with Crippen LogP contribution >= 0.6 is 0 Å². The zero-order valence-electron chi connectivity index (χ0n) is 13.8. The third kappa shape index (κ3) is 2.87. The van der Waals surface area contributed by atoms with Gasteiger partial charge in [-0.15, -0.1) is 0 Å². The fourth-order valence-electron chi connectivity index (χ4n) is 3.65. The first-order valence-corrected chi connectivity index (χ1v) is 8.74. The number of piperidine rings is 1. The van der Waals surface area contributed by atoms with E-state index < -0.39 is 0 Å². The molecule has 0 unspecified atom stereocenters. The van der Waals surface area contributed by atoms with Crippen LogP contribution in [0.4, 0.5) is 0 Å². The number of hydrogen-bond donors (Lipinski definition) is 1. The van der Waals surface area contributed by atoms with Crippen LogP contribution in [0.1, 0.15) is 29.6 Å². The van der Waals surface area contributed by atoms with Crippen molar-refractivity contribution in [2.24, 2.45) is 0 Å². The molecule has 0 atom stereocenters. The van der Waals surface area contributed by atoms with Crippen molar-refractivity contribution in [3.63, 3.8) is 0 Å².